The average Bonchev–Trinajstić information content (AvgIpc) is 2.66. The van der Waals surface area contributed by atoms with E-state index < -0.39 is 22.0 Å². The van der Waals surface area contributed by atoms with Crippen molar-refractivity contribution in [1.82, 2.24) is 4.72 Å². The van der Waals surface area contributed by atoms with Crippen LogP contribution in [0.15, 0.2) is 59.5 Å². The highest BCUT2D eigenvalue weighted by Gasteiger charge is 2.29. The second-order valence-corrected chi connectivity index (χ2v) is 10.3. The van der Waals surface area contributed by atoms with Crippen LogP contribution in [0.3, 0.4) is 0 Å². The van der Waals surface area contributed by atoms with E-state index >= 15 is 0 Å². The van der Waals surface area contributed by atoms with Crippen molar-refractivity contribution in [3.8, 4) is 0 Å². The summed E-state index contributed by atoms with van der Waals surface area (Å²) in [6, 6.07) is 14.4. The first-order chi connectivity index (χ1) is 13.5. The Labute approximate surface area is 174 Å². The number of rotatable bonds is 8. The molecule has 5 nitrogen and oxygen atoms in total. The molecule has 0 fully saturated rings. The molecule has 0 spiro atoms. The van der Waals surface area contributed by atoms with Crippen LogP contribution in [-0.4, -0.2) is 21.0 Å². The van der Waals surface area contributed by atoms with Crippen LogP contribution in [0.5, 0.6) is 0 Å². The normalized spacial score (nSPS) is 13.3. The monoisotopic (exact) mass is 417 g/mol. The molecule has 2 aromatic rings. The molecule has 0 radical (unpaired) electrons. The van der Waals surface area contributed by atoms with Crippen LogP contribution < -0.4 is 4.72 Å². The van der Waals surface area contributed by atoms with Gasteiger partial charge in [0.05, 0.1) is 11.5 Å². The zero-order valence-corrected chi connectivity index (χ0v) is 18.6. The van der Waals surface area contributed by atoms with Gasteiger partial charge in [-0.2, -0.15) is 4.72 Å². The number of hydrogen-bond donors (Lipinski definition) is 1. The minimum Gasteiger partial charge on any atom is -0.464 e. The summed E-state index contributed by atoms with van der Waals surface area (Å²) in [7, 11) is -3.91. The van der Waals surface area contributed by atoms with Crippen molar-refractivity contribution in [3.05, 3.63) is 65.7 Å². The number of nitrogens with one attached hydrogen (secondary N) is 1. The molecule has 0 saturated heterocycles. The third kappa shape index (κ3) is 6.68. The fourth-order valence-corrected chi connectivity index (χ4v) is 3.91. The Hall–Kier alpha value is -2.18. The predicted molar refractivity (Wildman–Crippen MR) is 115 cm³/mol. The van der Waals surface area contributed by atoms with Crippen molar-refractivity contribution in [1.29, 1.82) is 0 Å². The molecule has 0 aliphatic heterocycles. The maximum Gasteiger partial charge on any atom is 0.328 e. The first-order valence-electron chi connectivity index (χ1n) is 9.85. The van der Waals surface area contributed by atoms with E-state index in [-0.39, 0.29) is 16.9 Å². The first-order valence-corrected chi connectivity index (χ1v) is 11.3. The molecular weight excluding hydrogens is 386 g/mol. The molecule has 2 rings (SSSR count). The van der Waals surface area contributed by atoms with Crippen LogP contribution in [0.1, 0.15) is 58.2 Å². The number of benzene rings is 2. The molecule has 6 heteroatoms. The molecule has 0 aromatic heterocycles. The lowest BCUT2D eigenvalue weighted by Gasteiger charge is -2.20. The summed E-state index contributed by atoms with van der Waals surface area (Å²) in [5.74, 6) is -0.220. The van der Waals surface area contributed by atoms with Gasteiger partial charge in [-0.05, 0) is 41.0 Å². The van der Waals surface area contributed by atoms with Crippen LogP contribution >= 0.6 is 0 Å². The van der Waals surface area contributed by atoms with Gasteiger partial charge in [0.25, 0.3) is 0 Å². The van der Waals surface area contributed by atoms with Crippen molar-refractivity contribution >= 4 is 16.0 Å². The molecule has 0 amide bonds. The number of sulfonamides is 1. The fraction of sp³-hybridized carbons (Fsp3) is 0.435. The minimum absolute atomic E-state index is 0.0808. The highest BCUT2D eigenvalue weighted by molar-refractivity contribution is 7.89. The largest absolute Gasteiger partial charge is 0.464 e. The van der Waals surface area contributed by atoms with Gasteiger partial charge < -0.3 is 4.74 Å². The van der Waals surface area contributed by atoms with Gasteiger partial charge in [-0.3, -0.25) is 0 Å². The molecule has 0 heterocycles. The Morgan fingerprint density at radius 2 is 1.59 bits per heavy atom. The molecule has 0 aliphatic carbocycles. The minimum atomic E-state index is -3.91. The molecule has 2 aromatic carbocycles. The molecule has 158 valence electrons. The zero-order chi connectivity index (χ0) is 21.7. The molecule has 1 N–H and O–H groups in total. The van der Waals surface area contributed by atoms with Gasteiger partial charge in [-0.1, -0.05) is 77.1 Å². The molecule has 0 bridgehead atoms. The standard InChI is InChI=1S/C23H31NO4S/c1-17(2)15-16-28-22(25)21(18-9-7-6-8-10-18)24-29(26,27)20-13-11-19(12-14-20)23(3,4)5/h6-14,17,21,24H,15-16H2,1-5H3/t21-/m0/s1. The molecule has 0 saturated carbocycles. The van der Waals surface area contributed by atoms with Crippen LogP contribution in [0.25, 0.3) is 0 Å². The number of esters is 1. The van der Waals surface area contributed by atoms with Crippen molar-refractivity contribution in [2.45, 2.75) is 57.4 Å². The van der Waals surface area contributed by atoms with Gasteiger partial charge in [0.1, 0.15) is 6.04 Å². The molecule has 0 aliphatic rings. The predicted octanol–water partition coefficient (Wildman–Crippen LogP) is 4.59. The van der Waals surface area contributed by atoms with Gasteiger partial charge in [0, 0.05) is 0 Å². The zero-order valence-electron chi connectivity index (χ0n) is 17.8. The van der Waals surface area contributed by atoms with Gasteiger partial charge in [0.15, 0.2) is 0 Å². The number of carbonyl (C=O) groups is 1. The van der Waals surface area contributed by atoms with Crippen molar-refractivity contribution < 1.29 is 17.9 Å². The number of carbonyl (C=O) groups excluding carboxylic acids is 1. The van der Waals surface area contributed by atoms with E-state index in [2.05, 4.69) is 25.5 Å². The Morgan fingerprint density at radius 1 is 1.00 bits per heavy atom. The smallest absolute Gasteiger partial charge is 0.328 e. The molecule has 29 heavy (non-hydrogen) atoms. The summed E-state index contributed by atoms with van der Waals surface area (Å²) in [6.45, 7) is 10.5. The third-order valence-corrected chi connectivity index (χ3v) is 6.05. The van der Waals surface area contributed by atoms with Gasteiger partial charge in [-0.25, -0.2) is 13.2 Å². The lowest BCUT2D eigenvalue weighted by Crippen LogP contribution is -2.35. The lowest BCUT2D eigenvalue weighted by atomic mass is 9.87. The topological polar surface area (TPSA) is 72.5 Å². The van der Waals surface area contributed by atoms with E-state index in [9.17, 15) is 13.2 Å². The van der Waals surface area contributed by atoms with E-state index in [4.69, 9.17) is 4.74 Å². The first kappa shape index (κ1) is 23.1. The van der Waals surface area contributed by atoms with E-state index in [1.165, 1.54) is 0 Å². The summed E-state index contributed by atoms with van der Waals surface area (Å²) < 4.78 is 33.8. The lowest BCUT2D eigenvalue weighted by molar-refractivity contribution is -0.146. The highest BCUT2D eigenvalue weighted by Crippen LogP contribution is 2.24. The second-order valence-electron chi connectivity index (χ2n) is 8.59. The van der Waals surface area contributed by atoms with Crippen molar-refractivity contribution in [3.63, 3.8) is 0 Å². The summed E-state index contributed by atoms with van der Waals surface area (Å²) in [6.07, 6.45) is 0.717. The summed E-state index contributed by atoms with van der Waals surface area (Å²) in [4.78, 5) is 12.8. The van der Waals surface area contributed by atoms with Crippen LogP contribution in [0.2, 0.25) is 0 Å². The molecular formula is C23H31NO4S. The number of ether oxygens (including phenoxy) is 1. The Morgan fingerprint density at radius 3 is 2.10 bits per heavy atom. The Kier molecular flexibility index (Phi) is 7.60. The van der Waals surface area contributed by atoms with Gasteiger partial charge >= 0.3 is 5.97 Å². The Bertz CT molecular complexity index is 898. The van der Waals surface area contributed by atoms with E-state index in [1.54, 1.807) is 48.5 Å². The van der Waals surface area contributed by atoms with Gasteiger partial charge in [-0.15, -0.1) is 0 Å². The second kappa shape index (κ2) is 9.55. The quantitative estimate of drug-likeness (QED) is 0.638. The fourth-order valence-electron chi connectivity index (χ4n) is 2.73. The summed E-state index contributed by atoms with van der Waals surface area (Å²) in [5, 5.41) is 0. The van der Waals surface area contributed by atoms with E-state index in [1.807, 2.05) is 19.9 Å². The van der Waals surface area contributed by atoms with Crippen LogP contribution in [-0.2, 0) is 25.0 Å². The SMILES string of the molecule is CC(C)CCOC(=O)[C@@H](NS(=O)(=O)c1ccc(C(C)(C)C)cc1)c1ccccc1. The van der Waals surface area contributed by atoms with Crippen LogP contribution in [0, 0.1) is 5.92 Å². The Balaban J connectivity index is 2.26. The van der Waals surface area contributed by atoms with Crippen LogP contribution in [0.4, 0.5) is 0 Å². The van der Waals surface area contributed by atoms with E-state index in [0.717, 1.165) is 5.56 Å². The molecule has 1 atom stereocenters. The van der Waals surface area contributed by atoms with Gasteiger partial charge in [0.2, 0.25) is 10.0 Å². The summed E-state index contributed by atoms with van der Waals surface area (Å²) >= 11 is 0. The average molecular weight is 418 g/mol. The summed E-state index contributed by atoms with van der Waals surface area (Å²) in [5.41, 5.74) is 1.49. The molecule has 0 unspecified atom stereocenters. The van der Waals surface area contributed by atoms with Crippen molar-refractivity contribution in [2.75, 3.05) is 6.61 Å². The van der Waals surface area contributed by atoms with E-state index in [0.29, 0.717) is 17.9 Å². The van der Waals surface area contributed by atoms with Crippen molar-refractivity contribution in [2.24, 2.45) is 5.92 Å². The maximum absolute atomic E-state index is 12.9. The third-order valence-electron chi connectivity index (χ3n) is 4.61. The maximum atomic E-state index is 12.9. The number of hydrogen-bond acceptors (Lipinski definition) is 4. The highest BCUT2D eigenvalue weighted by atomic mass is 32.2.